The van der Waals surface area contributed by atoms with Crippen LogP contribution in [0.5, 0.6) is 0 Å². The molecule has 26 heavy (non-hydrogen) atoms. The van der Waals surface area contributed by atoms with Gasteiger partial charge in [0.05, 0.1) is 17.2 Å². The van der Waals surface area contributed by atoms with Gasteiger partial charge in [0.2, 0.25) is 0 Å². The smallest absolute Gasteiger partial charge is 0.308 e. The van der Waals surface area contributed by atoms with E-state index < -0.39 is 11.9 Å². The van der Waals surface area contributed by atoms with Crippen LogP contribution >= 0.6 is 0 Å². The number of aliphatic carboxylic acids is 1. The van der Waals surface area contributed by atoms with E-state index in [-0.39, 0.29) is 11.9 Å². The minimum atomic E-state index is -0.838. The van der Waals surface area contributed by atoms with E-state index in [0.29, 0.717) is 24.2 Å². The van der Waals surface area contributed by atoms with Crippen molar-refractivity contribution in [2.24, 2.45) is 5.92 Å². The molecule has 138 valence electrons. The van der Waals surface area contributed by atoms with Crippen molar-refractivity contribution >= 4 is 11.9 Å². The van der Waals surface area contributed by atoms with Gasteiger partial charge in [0.1, 0.15) is 0 Å². The lowest BCUT2D eigenvalue weighted by molar-refractivity contribution is -0.142. The molecule has 0 aliphatic heterocycles. The number of nitrogens with one attached hydrogen (secondary N) is 1. The van der Waals surface area contributed by atoms with Gasteiger partial charge in [-0.25, -0.2) is 9.67 Å². The summed E-state index contributed by atoms with van der Waals surface area (Å²) in [6.07, 6.45) is 5.64. The third-order valence-corrected chi connectivity index (χ3v) is 4.89. The van der Waals surface area contributed by atoms with Gasteiger partial charge in [-0.2, -0.15) is 5.10 Å². The molecule has 3 rings (SSSR count). The monoisotopic (exact) mass is 356 g/mol. The zero-order valence-corrected chi connectivity index (χ0v) is 15.1. The Morgan fingerprint density at radius 2 is 1.96 bits per heavy atom. The number of aromatic nitrogens is 3. The highest BCUT2D eigenvalue weighted by molar-refractivity contribution is 5.94. The summed E-state index contributed by atoms with van der Waals surface area (Å²) in [4.78, 5) is 28.4. The van der Waals surface area contributed by atoms with Crippen LogP contribution in [0.2, 0.25) is 0 Å². The van der Waals surface area contributed by atoms with E-state index in [4.69, 9.17) is 0 Å². The average molecular weight is 356 g/mol. The quantitative estimate of drug-likeness (QED) is 0.821. The first kappa shape index (κ1) is 18.1. The van der Waals surface area contributed by atoms with Crippen LogP contribution in [-0.2, 0) is 4.79 Å². The second-order valence-electron chi connectivity index (χ2n) is 6.91. The topological polar surface area (TPSA) is 97.1 Å². The molecule has 0 saturated heterocycles. The summed E-state index contributed by atoms with van der Waals surface area (Å²) in [6, 6.07) is 5.06. The van der Waals surface area contributed by atoms with Crippen molar-refractivity contribution in [3.63, 3.8) is 0 Å². The van der Waals surface area contributed by atoms with Crippen molar-refractivity contribution in [1.29, 1.82) is 0 Å². The highest BCUT2D eigenvalue weighted by Gasteiger charge is 2.30. The van der Waals surface area contributed by atoms with Crippen molar-refractivity contribution in [2.45, 2.75) is 52.0 Å². The van der Waals surface area contributed by atoms with Crippen molar-refractivity contribution in [1.82, 2.24) is 20.1 Å². The summed E-state index contributed by atoms with van der Waals surface area (Å²) in [7, 11) is 0. The van der Waals surface area contributed by atoms with Crippen LogP contribution in [0.3, 0.4) is 0 Å². The molecular weight excluding hydrogens is 332 g/mol. The van der Waals surface area contributed by atoms with E-state index in [1.54, 1.807) is 16.8 Å². The maximum Gasteiger partial charge on any atom is 0.308 e. The lowest BCUT2D eigenvalue weighted by Crippen LogP contribution is -2.42. The molecule has 1 aliphatic rings. The Morgan fingerprint density at radius 1 is 1.19 bits per heavy atom. The van der Waals surface area contributed by atoms with E-state index >= 15 is 0 Å². The molecule has 0 bridgehead atoms. The molecule has 1 fully saturated rings. The Morgan fingerprint density at radius 3 is 2.58 bits per heavy atom. The predicted molar refractivity (Wildman–Crippen MR) is 96.3 cm³/mol. The normalized spacial score (nSPS) is 20.4. The molecule has 2 heterocycles. The number of carboxylic acid groups (broad SMARTS) is 1. The summed E-state index contributed by atoms with van der Waals surface area (Å²) < 4.78 is 1.72. The Hall–Kier alpha value is -2.70. The van der Waals surface area contributed by atoms with Gasteiger partial charge in [-0.15, -0.1) is 0 Å². The average Bonchev–Trinajstić information content (AvgIpc) is 2.81. The van der Waals surface area contributed by atoms with E-state index in [2.05, 4.69) is 15.4 Å². The Bertz CT molecular complexity index is 798. The summed E-state index contributed by atoms with van der Waals surface area (Å²) in [5, 5.41) is 16.7. The summed E-state index contributed by atoms with van der Waals surface area (Å²) >= 11 is 0. The fourth-order valence-corrected chi connectivity index (χ4v) is 3.53. The van der Waals surface area contributed by atoms with Crippen LogP contribution in [0.4, 0.5) is 0 Å². The van der Waals surface area contributed by atoms with Gasteiger partial charge in [-0.1, -0.05) is 19.3 Å². The number of carbonyl (C=O) groups is 2. The molecule has 0 unspecified atom stereocenters. The maximum absolute atomic E-state index is 12.5. The van der Waals surface area contributed by atoms with Gasteiger partial charge < -0.3 is 10.4 Å². The number of nitrogens with zero attached hydrogens (tertiary/aromatic N) is 3. The molecule has 0 radical (unpaired) electrons. The van der Waals surface area contributed by atoms with Crippen LogP contribution in [0.1, 0.15) is 53.8 Å². The molecule has 2 aromatic rings. The SMILES string of the molecule is Cc1cc(C)n(-c2ccc(C(=O)N[C@H]3CCCCC[C@H]3C(=O)O)cn2)n1. The lowest BCUT2D eigenvalue weighted by atomic mass is 9.94. The highest BCUT2D eigenvalue weighted by atomic mass is 16.4. The van der Waals surface area contributed by atoms with E-state index in [1.807, 2.05) is 19.9 Å². The van der Waals surface area contributed by atoms with Crippen LogP contribution in [0, 0.1) is 19.8 Å². The molecule has 1 amide bonds. The van der Waals surface area contributed by atoms with Gasteiger partial charge in [-0.3, -0.25) is 9.59 Å². The molecule has 2 aromatic heterocycles. The number of carbonyl (C=O) groups excluding carboxylic acids is 1. The molecule has 7 heteroatoms. The van der Waals surface area contributed by atoms with Crippen LogP contribution in [0.25, 0.3) is 5.82 Å². The van der Waals surface area contributed by atoms with Gasteiger partial charge in [0.15, 0.2) is 5.82 Å². The van der Waals surface area contributed by atoms with Gasteiger partial charge in [0, 0.05) is 17.9 Å². The fourth-order valence-electron chi connectivity index (χ4n) is 3.53. The molecule has 1 aliphatic carbocycles. The molecule has 0 aromatic carbocycles. The summed E-state index contributed by atoms with van der Waals surface area (Å²) in [5.41, 5.74) is 2.29. The molecular formula is C19H24N4O3. The lowest BCUT2D eigenvalue weighted by Gasteiger charge is -2.22. The number of hydrogen-bond donors (Lipinski definition) is 2. The molecule has 1 saturated carbocycles. The first-order valence-electron chi connectivity index (χ1n) is 8.99. The van der Waals surface area contributed by atoms with Crippen molar-refractivity contribution in [3.05, 3.63) is 41.3 Å². The Balaban J connectivity index is 1.73. The van der Waals surface area contributed by atoms with Crippen LogP contribution < -0.4 is 5.32 Å². The zero-order valence-electron chi connectivity index (χ0n) is 15.1. The third-order valence-electron chi connectivity index (χ3n) is 4.89. The van der Waals surface area contributed by atoms with Crippen molar-refractivity contribution in [2.75, 3.05) is 0 Å². The first-order valence-corrected chi connectivity index (χ1v) is 8.99. The van der Waals surface area contributed by atoms with E-state index in [9.17, 15) is 14.7 Å². The minimum Gasteiger partial charge on any atom is -0.481 e. The number of hydrogen-bond acceptors (Lipinski definition) is 4. The largest absolute Gasteiger partial charge is 0.481 e. The summed E-state index contributed by atoms with van der Waals surface area (Å²) in [6.45, 7) is 3.86. The standard InChI is InChI=1S/C19H24N4O3/c1-12-10-13(2)23(22-12)17-9-8-14(11-20-17)18(24)21-16-7-5-3-4-6-15(16)19(25)26/h8-11,15-16H,3-7H2,1-2H3,(H,21,24)(H,25,26)/t15-,16+/m1/s1. The van der Waals surface area contributed by atoms with Gasteiger partial charge in [-0.05, 0) is 44.9 Å². The molecule has 2 N–H and O–H groups in total. The number of rotatable bonds is 4. The van der Waals surface area contributed by atoms with Gasteiger partial charge in [0.25, 0.3) is 5.91 Å². The van der Waals surface area contributed by atoms with E-state index in [0.717, 1.165) is 30.7 Å². The van der Waals surface area contributed by atoms with Crippen molar-refractivity contribution in [3.8, 4) is 5.82 Å². The maximum atomic E-state index is 12.5. The second kappa shape index (κ2) is 7.68. The fraction of sp³-hybridized carbons (Fsp3) is 0.474. The number of pyridine rings is 1. The summed E-state index contributed by atoms with van der Waals surface area (Å²) in [5.74, 6) is -1.00. The van der Waals surface area contributed by atoms with Crippen LogP contribution in [-0.4, -0.2) is 37.8 Å². The van der Waals surface area contributed by atoms with E-state index in [1.165, 1.54) is 6.20 Å². The Kier molecular flexibility index (Phi) is 5.35. The predicted octanol–water partition coefficient (Wildman–Crippen LogP) is 2.65. The van der Waals surface area contributed by atoms with Crippen molar-refractivity contribution < 1.29 is 14.7 Å². The second-order valence-corrected chi connectivity index (χ2v) is 6.91. The number of amides is 1. The zero-order chi connectivity index (χ0) is 18.7. The number of carboxylic acids is 1. The third kappa shape index (κ3) is 3.92. The molecule has 0 spiro atoms. The minimum absolute atomic E-state index is 0.282. The number of aryl methyl sites for hydroxylation is 2. The first-order chi connectivity index (χ1) is 12.5. The molecule has 2 atom stereocenters. The highest BCUT2D eigenvalue weighted by Crippen LogP contribution is 2.24. The molecule has 7 nitrogen and oxygen atoms in total. The van der Waals surface area contributed by atoms with Crippen LogP contribution in [0.15, 0.2) is 24.4 Å². The van der Waals surface area contributed by atoms with Gasteiger partial charge >= 0.3 is 5.97 Å². The Labute approximate surface area is 152 Å².